The molecule has 8 heteroatoms. The smallest absolute Gasteiger partial charge is 0.276 e. The van der Waals surface area contributed by atoms with Crippen molar-refractivity contribution in [3.05, 3.63) is 36.3 Å². The molecule has 0 aliphatic carbocycles. The van der Waals surface area contributed by atoms with E-state index in [1.165, 1.54) is 0 Å². The summed E-state index contributed by atoms with van der Waals surface area (Å²) in [7, 11) is 0. The lowest BCUT2D eigenvalue weighted by molar-refractivity contribution is 0.0645. The molecule has 0 radical (unpaired) electrons. The Morgan fingerprint density at radius 1 is 1.36 bits per heavy atom. The van der Waals surface area contributed by atoms with Crippen molar-refractivity contribution >= 4 is 30.7 Å². The lowest BCUT2D eigenvalue weighted by atomic mass is 10.1. The highest BCUT2D eigenvalue weighted by Crippen LogP contribution is 2.20. The van der Waals surface area contributed by atoms with Gasteiger partial charge in [-0.15, -0.1) is 24.8 Å². The van der Waals surface area contributed by atoms with Crippen molar-refractivity contribution in [1.82, 2.24) is 20.4 Å². The summed E-state index contributed by atoms with van der Waals surface area (Å²) in [4.78, 5) is 18.2. The molecule has 1 atom stereocenters. The van der Waals surface area contributed by atoms with Crippen LogP contribution in [0.2, 0.25) is 0 Å². The molecule has 2 aromatic rings. The first-order valence-corrected chi connectivity index (χ1v) is 6.64. The monoisotopic (exact) mass is 344 g/mol. The first kappa shape index (κ1) is 18.4. The second kappa shape index (κ2) is 8.12. The largest absolute Gasteiger partial charge is 0.355 e. The Kier molecular flexibility index (Phi) is 6.80. The molecule has 1 N–H and O–H groups in total. The van der Waals surface area contributed by atoms with E-state index in [0.29, 0.717) is 18.0 Å². The number of nitrogens with one attached hydrogen (secondary N) is 1. The van der Waals surface area contributed by atoms with Crippen molar-refractivity contribution in [3.8, 4) is 11.3 Å². The van der Waals surface area contributed by atoms with Crippen LogP contribution in [0.15, 0.2) is 35.1 Å². The number of piperazine rings is 1. The van der Waals surface area contributed by atoms with Gasteiger partial charge < -0.3 is 14.7 Å². The van der Waals surface area contributed by atoms with Crippen LogP contribution in [0.4, 0.5) is 0 Å². The molecule has 6 nitrogen and oxygen atoms in total. The van der Waals surface area contributed by atoms with Crippen LogP contribution in [-0.4, -0.2) is 46.6 Å². The van der Waals surface area contributed by atoms with Gasteiger partial charge in [0.25, 0.3) is 5.91 Å². The van der Waals surface area contributed by atoms with Gasteiger partial charge >= 0.3 is 0 Å². The van der Waals surface area contributed by atoms with Crippen molar-refractivity contribution < 1.29 is 9.32 Å². The van der Waals surface area contributed by atoms with E-state index in [-0.39, 0.29) is 36.8 Å². The van der Waals surface area contributed by atoms with Crippen LogP contribution < -0.4 is 5.32 Å². The van der Waals surface area contributed by atoms with Gasteiger partial charge in [-0.25, -0.2) is 0 Å². The van der Waals surface area contributed by atoms with Crippen LogP contribution in [-0.2, 0) is 0 Å². The van der Waals surface area contributed by atoms with Crippen molar-refractivity contribution in [3.63, 3.8) is 0 Å². The van der Waals surface area contributed by atoms with E-state index in [1.54, 1.807) is 18.5 Å². The summed E-state index contributed by atoms with van der Waals surface area (Å²) >= 11 is 0. The molecule has 3 heterocycles. The fraction of sp³-hybridized carbons (Fsp3) is 0.357. The van der Waals surface area contributed by atoms with Crippen LogP contribution >= 0.6 is 24.8 Å². The van der Waals surface area contributed by atoms with Gasteiger partial charge in [0, 0.05) is 49.7 Å². The number of rotatable bonds is 2. The Hall–Kier alpha value is -1.63. The quantitative estimate of drug-likeness (QED) is 0.902. The summed E-state index contributed by atoms with van der Waals surface area (Å²) in [6.45, 7) is 4.33. The third-order valence-corrected chi connectivity index (χ3v) is 3.46. The van der Waals surface area contributed by atoms with Crippen LogP contribution in [0.1, 0.15) is 17.4 Å². The number of aromatic nitrogens is 2. The van der Waals surface area contributed by atoms with Crippen molar-refractivity contribution in [2.45, 2.75) is 13.0 Å². The fourth-order valence-electron chi connectivity index (χ4n) is 2.32. The number of carbonyl (C=O) groups excluding carboxylic acids is 1. The zero-order valence-corrected chi connectivity index (χ0v) is 13.7. The van der Waals surface area contributed by atoms with Crippen molar-refractivity contribution in [1.29, 1.82) is 0 Å². The summed E-state index contributed by atoms with van der Waals surface area (Å²) in [5.74, 6) is 0.501. The van der Waals surface area contributed by atoms with E-state index < -0.39 is 0 Å². The average molecular weight is 345 g/mol. The number of hydrogen-bond donors (Lipinski definition) is 1. The molecule has 0 bridgehead atoms. The van der Waals surface area contributed by atoms with Crippen LogP contribution in [0, 0.1) is 0 Å². The molecular weight excluding hydrogens is 327 g/mol. The predicted molar refractivity (Wildman–Crippen MR) is 87.6 cm³/mol. The van der Waals surface area contributed by atoms with Crippen LogP contribution in [0.3, 0.4) is 0 Å². The first-order chi connectivity index (χ1) is 9.75. The second-order valence-electron chi connectivity index (χ2n) is 4.86. The maximum absolute atomic E-state index is 12.4. The molecule has 1 amide bonds. The van der Waals surface area contributed by atoms with E-state index >= 15 is 0 Å². The SMILES string of the molecule is C[C@H]1CNCCN1C(=O)c1cc(-c2ccncc2)on1.Cl.Cl. The van der Waals surface area contributed by atoms with Crippen LogP contribution in [0.5, 0.6) is 0 Å². The zero-order valence-electron chi connectivity index (χ0n) is 12.1. The summed E-state index contributed by atoms with van der Waals surface area (Å²) in [6, 6.07) is 5.49. The Morgan fingerprint density at radius 3 is 2.77 bits per heavy atom. The lowest BCUT2D eigenvalue weighted by Gasteiger charge is -2.33. The van der Waals surface area contributed by atoms with Crippen LogP contribution in [0.25, 0.3) is 11.3 Å². The maximum atomic E-state index is 12.4. The first-order valence-electron chi connectivity index (χ1n) is 6.64. The topological polar surface area (TPSA) is 71.3 Å². The minimum atomic E-state index is -0.0805. The molecule has 1 aliphatic heterocycles. The predicted octanol–water partition coefficient (Wildman–Crippen LogP) is 2.01. The number of nitrogens with zero attached hydrogens (tertiary/aromatic N) is 3. The fourth-order valence-corrected chi connectivity index (χ4v) is 2.32. The highest BCUT2D eigenvalue weighted by Gasteiger charge is 2.26. The number of halogens is 2. The number of pyridine rings is 1. The van der Waals surface area contributed by atoms with Gasteiger partial charge in [0.05, 0.1) is 0 Å². The van der Waals surface area contributed by atoms with E-state index in [9.17, 15) is 4.79 Å². The average Bonchev–Trinajstić information content (AvgIpc) is 2.98. The molecule has 1 saturated heterocycles. The Bertz CT molecular complexity index is 606. The maximum Gasteiger partial charge on any atom is 0.276 e. The zero-order chi connectivity index (χ0) is 13.9. The highest BCUT2D eigenvalue weighted by molar-refractivity contribution is 5.93. The molecule has 0 aromatic carbocycles. The van der Waals surface area contributed by atoms with E-state index in [1.807, 2.05) is 24.0 Å². The minimum absolute atomic E-state index is 0. The van der Waals surface area contributed by atoms with Gasteiger partial charge in [-0.05, 0) is 19.1 Å². The molecule has 0 spiro atoms. The Morgan fingerprint density at radius 2 is 2.09 bits per heavy atom. The molecule has 2 aromatic heterocycles. The second-order valence-corrected chi connectivity index (χ2v) is 4.86. The minimum Gasteiger partial charge on any atom is -0.355 e. The van der Waals surface area contributed by atoms with Gasteiger partial charge in [-0.1, -0.05) is 5.16 Å². The summed E-state index contributed by atoms with van der Waals surface area (Å²) < 4.78 is 5.26. The van der Waals surface area contributed by atoms with Gasteiger partial charge in [0.15, 0.2) is 11.5 Å². The van der Waals surface area contributed by atoms with Crippen molar-refractivity contribution in [2.75, 3.05) is 19.6 Å². The highest BCUT2D eigenvalue weighted by atomic mass is 35.5. The molecule has 0 unspecified atom stereocenters. The summed E-state index contributed by atoms with van der Waals surface area (Å²) in [6.07, 6.45) is 3.36. The molecule has 22 heavy (non-hydrogen) atoms. The Labute approximate surface area is 141 Å². The van der Waals surface area contributed by atoms with Gasteiger partial charge in [0.2, 0.25) is 0 Å². The standard InChI is InChI=1S/C14H16N4O2.2ClH/c1-10-9-16-6-7-18(10)14(19)12-8-13(20-17-12)11-2-4-15-5-3-11;;/h2-5,8,10,16H,6-7,9H2,1H3;2*1H/t10-;;/m0../s1. The normalized spacial score (nSPS) is 17.3. The van der Waals surface area contributed by atoms with Gasteiger partial charge in [-0.3, -0.25) is 9.78 Å². The summed E-state index contributed by atoms with van der Waals surface area (Å²) in [5, 5.41) is 7.15. The Balaban J connectivity index is 0.00000121. The molecule has 1 aliphatic rings. The number of amides is 1. The lowest BCUT2D eigenvalue weighted by Crippen LogP contribution is -2.52. The summed E-state index contributed by atoms with van der Waals surface area (Å²) in [5.41, 5.74) is 1.21. The third-order valence-electron chi connectivity index (χ3n) is 3.46. The molecular formula is C14H18Cl2N4O2. The van der Waals surface area contributed by atoms with Gasteiger partial charge in [-0.2, -0.15) is 0 Å². The van der Waals surface area contributed by atoms with Gasteiger partial charge in [0.1, 0.15) is 0 Å². The number of carbonyl (C=O) groups is 1. The molecule has 120 valence electrons. The molecule has 0 saturated carbocycles. The third kappa shape index (κ3) is 3.76. The van der Waals surface area contributed by atoms with E-state index in [4.69, 9.17) is 4.52 Å². The van der Waals surface area contributed by atoms with E-state index in [2.05, 4.69) is 15.5 Å². The molecule has 1 fully saturated rings. The molecule has 3 rings (SSSR count). The van der Waals surface area contributed by atoms with E-state index in [0.717, 1.165) is 18.7 Å². The van der Waals surface area contributed by atoms with Crippen molar-refractivity contribution in [2.24, 2.45) is 0 Å². The number of hydrogen-bond acceptors (Lipinski definition) is 5.